The molecule has 0 spiro atoms. The van der Waals surface area contributed by atoms with Crippen molar-refractivity contribution in [3.8, 4) is 0 Å². The highest BCUT2D eigenvalue weighted by molar-refractivity contribution is 5.82. The van der Waals surface area contributed by atoms with E-state index in [1.54, 1.807) is 4.90 Å². The van der Waals surface area contributed by atoms with Crippen LogP contribution in [0.4, 0.5) is 0 Å². The number of rotatable bonds is 8. The fourth-order valence-corrected chi connectivity index (χ4v) is 4.25. The molecule has 29 heavy (non-hydrogen) atoms. The Balaban J connectivity index is 1.82. The van der Waals surface area contributed by atoms with Gasteiger partial charge in [0, 0.05) is 26.1 Å². The first-order valence-corrected chi connectivity index (χ1v) is 10.1. The van der Waals surface area contributed by atoms with E-state index < -0.39 is 11.4 Å². The van der Waals surface area contributed by atoms with Gasteiger partial charge in [0.15, 0.2) is 0 Å². The first-order chi connectivity index (χ1) is 14.0. The maximum atomic E-state index is 13.5. The summed E-state index contributed by atoms with van der Waals surface area (Å²) in [6.07, 6.45) is 2.47. The van der Waals surface area contributed by atoms with Crippen molar-refractivity contribution in [2.24, 2.45) is 11.3 Å². The number of likely N-dealkylation sites (tertiary alicyclic amines) is 1. The second-order valence-corrected chi connectivity index (χ2v) is 7.96. The Bertz CT molecular complexity index is 763. The summed E-state index contributed by atoms with van der Waals surface area (Å²) in [5.41, 5.74) is 1.20. The normalized spacial score (nSPS) is 19.3. The van der Waals surface area contributed by atoms with Crippen LogP contribution in [0.5, 0.6) is 0 Å². The van der Waals surface area contributed by atoms with Gasteiger partial charge in [0.1, 0.15) is 5.41 Å². The summed E-state index contributed by atoms with van der Waals surface area (Å²) in [7, 11) is 1.51. The molecule has 2 aromatic carbocycles. The van der Waals surface area contributed by atoms with E-state index in [1.807, 2.05) is 60.7 Å². The molecule has 0 aromatic heterocycles. The summed E-state index contributed by atoms with van der Waals surface area (Å²) < 4.78 is 5.21. The molecule has 1 fully saturated rings. The number of hydrogen-bond acceptors (Lipinski definition) is 3. The first kappa shape index (κ1) is 21.1. The van der Waals surface area contributed by atoms with Crippen LogP contribution in [0, 0.1) is 11.3 Å². The minimum absolute atomic E-state index is 0.0270. The Labute approximate surface area is 172 Å². The molecule has 0 radical (unpaired) electrons. The maximum absolute atomic E-state index is 13.5. The maximum Gasteiger partial charge on any atom is 0.313 e. The third-order valence-electron chi connectivity index (χ3n) is 5.76. The van der Waals surface area contributed by atoms with Crippen LogP contribution < -0.4 is 0 Å². The Kier molecular flexibility index (Phi) is 7.04. The second-order valence-electron chi connectivity index (χ2n) is 7.96. The van der Waals surface area contributed by atoms with Crippen LogP contribution in [-0.4, -0.2) is 48.7 Å². The summed E-state index contributed by atoms with van der Waals surface area (Å²) in [6, 6.07) is 20.0. The predicted octanol–water partition coefficient (Wildman–Crippen LogP) is 3.43. The van der Waals surface area contributed by atoms with Crippen LogP contribution in [-0.2, 0) is 27.2 Å². The Hall–Kier alpha value is -2.66. The van der Waals surface area contributed by atoms with Crippen LogP contribution in [0.2, 0.25) is 0 Å². The smallest absolute Gasteiger partial charge is 0.313 e. The molecule has 2 aromatic rings. The molecule has 1 unspecified atom stereocenters. The monoisotopic (exact) mass is 395 g/mol. The van der Waals surface area contributed by atoms with Gasteiger partial charge in [-0.25, -0.2) is 0 Å². The van der Waals surface area contributed by atoms with Gasteiger partial charge in [0.2, 0.25) is 5.91 Å². The van der Waals surface area contributed by atoms with Gasteiger partial charge in [-0.05, 0) is 36.8 Å². The van der Waals surface area contributed by atoms with Gasteiger partial charge < -0.3 is 14.7 Å². The molecule has 1 saturated heterocycles. The average molecular weight is 395 g/mol. The molecular weight excluding hydrogens is 366 g/mol. The molecule has 5 nitrogen and oxygen atoms in total. The van der Waals surface area contributed by atoms with Crippen molar-refractivity contribution in [3.05, 3.63) is 71.8 Å². The van der Waals surface area contributed by atoms with Crippen LogP contribution in [0.1, 0.15) is 24.0 Å². The topological polar surface area (TPSA) is 66.8 Å². The highest BCUT2D eigenvalue weighted by Gasteiger charge is 2.44. The number of carbonyl (C=O) groups is 2. The molecular formula is C24H29NO4. The largest absolute Gasteiger partial charge is 0.481 e. The van der Waals surface area contributed by atoms with Crippen molar-refractivity contribution in [3.63, 3.8) is 0 Å². The third-order valence-corrected chi connectivity index (χ3v) is 5.76. The number of aliphatic carboxylic acids is 1. The highest BCUT2D eigenvalue weighted by Crippen LogP contribution is 2.32. The van der Waals surface area contributed by atoms with Gasteiger partial charge in [0.05, 0.1) is 6.61 Å². The van der Waals surface area contributed by atoms with Crippen molar-refractivity contribution in [1.82, 2.24) is 4.90 Å². The summed E-state index contributed by atoms with van der Waals surface area (Å²) in [5, 5.41) is 9.81. The number of amides is 1. The van der Waals surface area contributed by atoms with E-state index in [0.717, 1.165) is 11.1 Å². The highest BCUT2D eigenvalue weighted by atomic mass is 16.5. The fraction of sp³-hybridized carbons (Fsp3) is 0.417. The Morgan fingerprint density at radius 2 is 1.59 bits per heavy atom. The standard InChI is InChI=1S/C24H29NO4/c1-29-18-24(23(27)28)13-8-14-25(17-24)22(26)21(15-19-9-4-2-5-10-19)16-20-11-6-3-7-12-20/h2-7,9-12,21H,8,13-18H2,1H3,(H,27,28). The van der Waals surface area contributed by atoms with Gasteiger partial charge in [0.25, 0.3) is 0 Å². The zero-order valence-corrected chi connectivity index (χ0v) is 16.9. The predicted molar refractivity (Wildman–Crippen MR) is 112 cm³/mol. The lowest BCUT2D eigenvalue weighted by Crippen LogP contribution is -2.53. The number of piperidine rings is 1. The molecule has 0 aliphatic carbocycles. The Morgan fingerprint density at radius 3 is 2.07 bits per heavy atom. The minimum atomic E-state index is -1.02. The van der Waals surface area contributed by atoms with Gasteiger partial charge >= 0.3 is 5.97 Å². The number of hydrogen-bond donors (Lipinski definition) is 1. The summed E-state index contributed by atoms with van der Waals surface area (Å²) >= 11 is 0. The first-order valence-electron chi connectivity index (χ1n) is 10.1. The van der Waals surface area contributed by atoms with E-state index in [4.69, 9.17) is 4.74 Å². The van der Waals surface area contributed by atoms with E-state index in [2.05, 4.69) is 0 Å². The van der Waals surface area contributed by atoms with Gasteiger partial charge in [-0.15, -0.1) is 0 Å². The van der Waals surface area contributed by atoms with E-state index in [0.29, 0.717) is 32.2 Å². The molecule has 0 bridgehead atoms. The molecule has 1 aliphatic rings. The lowest BCUT2D eigenvalue weighted by Gasteiger charge is -2.40. The number of carboxylic acids is 1. The van der Waals surface area contributed by atoms with Crippen molar-refractivity contribution >= 4 is 11.9 Å². The molecule has 154 valence electrons. The molecule has 1 N–H and O–H groups in total. The number of methoxy groups -OCH3 is 1. The fourth-order valence-electron chi connectivity index (χ4n) is 4.25. The van der Waals surface area contributed by atoms with E-state index in [-0.39, 0.29) is 25.0 Å². The summed E-state index contributed by atoms with van der Waals surface area (Å²) in [5.74, 6) is -1.09. The third kappa shape index (κ3) is 5.24. The van der Waals surface area contributed by atoms with E-state index in [1.165, 1.54) is 7.11 Å². The number of ether oxygens (including phenoxy) is 1. The van der Waals surface area contributed by atoms with Crippen LogP contribution in [0.25, 0.3) is 0 Å². The summed E-state index contributed by atoms with van der Waals surface area (Å²) in [4.78, 5) is 27.2. The number of nitrogens with zero attached hydrogens (tertiary/aromatic N) is 1. The number of carboxylic acid groups (broad SMARTS) is 1. The minimum Gasteiger partial charge on any atom is -0.481 e. The van der Waals surface area contributed by atoms with Crippen LogP contribution >= 0.6 is 0 Å². The van der Waals surface area contributed by atoms with Gasteiger partial charge in [-0.1, -0.05) is 60.7 Å². The van der Waals surface area contributed by atoms with E-state index >= 15 is 0 Å². The SMILES string of the molecule is COCC1(C(=O)O)CCCN(C(=O)C(Cc2ccccc2)Cc2ccccc2)C1. The quantitative estimate of drug-likeness (QED) is 0.744. The zero-order valence-electron chi connectivity index (χ0n) is 16.9. The number of benzene rings is 2. The van der Waals surface area contributed by atoms with Crippen molar-refractivity contribution in [2.45, 2.75) is 25.7 Å². The van der Waals surface area contributed by atoms with Crippen molar-refractivity contribution in [2.75, 3.05) is 26.8 Å². The van der Waals surface area contributed by atoms with Gasteiger partial charge in [-0.3, -0.25) is 9.59 Å². The van der Waals surface area contributed by atoms with E-state index in [9.17, 15) is 14.7 Å². The zero-order chi connectivity index (χ0) is 20.7. The van der Waals surface area contributed by atoms with Crippen LogP contribution in [0.3, 0.4) is 0 Å². The average Bonchev–Trinajstić information content (AvgIpc) is 2.74. The molecule has 5 heteroatoms. The Morgan fingerprint density at radius 1 is 1.03 bits per heavy atom. The molecule has 3 rings (SSSR count). The number of carbonyl (C=O) groups excluding carboxylic acids is 1. The summed E-state index contributed by atoms with van der Waals surface area (Å²) in [6.45, 7) is 0.918. The molecule has 0 saturated carbocycles. The van der Waals surface area contributed by atoms with Gasteiger partial charge in [-0.2, -0.15) is 0 Å². The molecule has 1 aliphatic heterocycles. The second kappa shape index (κ2) is 9.70. The van der Waals surface area contributed by atoms with Crippen molar-refractivity contribution < 1.29 is 19.4 Å². The van der Waals surface area contributed by atoms with Crippen LogP contribution in [0.15, 0.2) is 60.7 Å². The molecule has 1 heterocycles. The lowest BCUT2D eigenvalue weighted by atomic mass is 9.79. The molecule has 1 atom stereocenters. The lowest BCUT2D eigenvalue weighted by molar-refractivity contribution is -0.160. The molecule has 1 amide bonds. The van der Waals surface area contributed by atoms with Crippen molar-refractivity contribution in [1.29, 1.82) is 0 Å².